The van der Waals surface area contributed by atoms with Crippen molar-refractivity contribution >= 4 is 44.9 Å². The number of benzene rings is 1. The van der Waals surface area contributed by atoms with Crippen LogP contribution >= 0.6 is 11.3 Å². The van der Waals surface area contributed by atoms with Crippen molar-refractivity contribution in [1.82, 2.24) is 4.90 Å². The summed E-state index contributed by atoms with van der Waals surface area (Å²) in [6, 6.07) is 8.77. The standard InChI is InChI=1S/C17H18N2O7S2/c1-25-14(20)10-19(11-15(21)26-2)17(22)12-5-3-6-13(9-12)18-28(23,24)16-7-4-8-27-16/h3-9,18H,10-11H2,1-2H3. The fourth-order valence-corrected chi connectivity index (χ4v) is 4.20. The lowest BCUT2D eigenvalue weighted by atomic mass is 10.1. The number of rotatable bonds is 8. The zero-order valence-electron chi connectivity index (χ0n) is 15.1. The molecule has 11 heteroatoms. The third-order valence-corrected chi connectivity index (χ3v) is 6.28. The molecule has 28 heavy (non-hydrogen) atoms. The minimum absolute atomic E-state index is 0.0826. The van der Waals surface area contributed by atoms with E-state index in [0.29, 0.717) is 0 Å². The Kier molecular flexibility index (Phi) is 7.12. The molecule has 0 saturated heterocycles. The van der Waals surface area contributed by atoms with E-state index in [1.807, 2.05) is 0 Å². The summed E-state index contributed by atoms with van der Waals surface area (Å²) < 4.78 is 36.2. The topological polar surface area (TPSA) is 119 Å². The number of nitrogens with zero attached hydrogens (tertiary/aromatic N) is 1. The van der Waals surface area contributed by atoms with E-state index in [1.165, 1.54) is 30.3 Å². The molecule has 1 amide bonds. The van der Waals surface area contributed by atoms with Gasteiger partial charge in [-0.3, -0.25) is 19.1 Å². The van der Waals surface area contributed by atoms with Crippen LogP contribution in [-0.4, -0.2) is 58.5 Å². The van der Waals surface area contributed by atoms with Gasteiger partial charge in [0.15, 0.2) is 0 Å². The molecular formula is C17H18N2O7S2. The zero-order valence-corrected chi connectivity index (χ0v) is 16.7. The summed E-state index contributed by atoms with van der Waals surface area (Å²) in [5.41, 5.74) is 0.245. The first kappa shape index (κ1) is 21.4. The summed E-state index contributed by atoms with van der Waals surface area (Å²) in [5, 5.41) is 1.63. The summed E-state index contributed by atoms with van der Waals surface area (Å²) in [5.74, 6) is -2.09. The van der Waals surface area contributed by atoms with Crippen molar-refractivity contribution in [3.8, 4) is 0 Å². The number of amides is 1. The van der Waals surface area contributed by atoms with Gasteiger partial charge in [0, 0.05) is 11.3 Å². The van der Waals surface area contributed by atoms with Gasteiger partial charge in [-0.25, -0.2) is 8.42 Å². The molecule has 1 aromatic heterocycles. The van der Waals surface area contributed by atoms with E-state index in [9.17, 15) is 22.8 Å². The number of methoxy groups -OCH3 is 2. The van der Waals surface area contributed by atoms with Gasteiger partial charge < -0.3 is 14.4 Å². The van der Waals surface area contributed by atoms with Gasteiger partial charge in [0.05, 0.1) is 14.2 Å². The first-order valence-electron chi connectivity index (χ1n) is 7.86. The van der Waals surface area contributed by atoms with Crippen LogP contribution in [0.25, 0.3) is 0 Å². The highest BCUT2D eigenvalue weighted by atomic mass is 32.2. The van der Waals surface area contributed by atoms with Gasteiger partial charge in [-0.05, 0) is 29.6 Å². The smallest absolute Gasteiger partial charge is 0.325 e. The number of esters is 2. The first-order chi connectivity index (χ1) is 13.3. The molecule has 2 aromatic rings. The van der Waals surface area contributed by atoms with Gasteiger partial charge in [-0.1, -0.05) is 12.1 Å². The molecule has 1 N–H and O–H groups in total. The van der Waals surface area contributed by atoms with Gasteiger partial charge in [0.1, 0.15) is 17.3 Å². The molecule has 1 aromatic carbocycles. The van der Waals surface area contributed by atoms with Crippen LogP contribution in [0.2, 0.25) is 0 Å². The van der Waals surface area contributed by atoms with Crippen molar-refractivity contribution in [1.29, 1.82) is 0 Å². The molecule has 0 saturated carbocycles. The van der Waals surface area contributed by atoms with Gasteiger partial charge in [-0.15, -0.1) is 11.3 Å². The molecule has 0 aliphatic carbocycles. The van der Waals surface area contributed by atoms with Crippen molar-refractivity contribution in [2.75, 3.05) is 32.0 Å². The summed E-state index contributed by atoms with van der Waals surface area (Å²) >= 11 is 1.05. The number of sulfonamides is 1. The predicted octanol–water partition coefficient (Wildman–Crippen LogP) is 1.34. The average molecular weight is 426 g/mol. The summed E-state index contributed by atoms with van der Waals surface area (Å²) in [4.78, 5) is 36.8. The van der Waals surface area contributed by atoms with E-state index < -0.39 is 41.0 Å². The number of ether oxygens (including phenoxy) is 2. The van der Waals surface area contributed by atoms with E-state index in [1.54, 1.807) is 11.4 Å². The first-order valence-corrected chi connectivity index (χ1v) is 10.2. The van der Waals surface area contributed by atoms with Crippen molar-refractivity contribution in [2.45, 2.75) is 4.21 Å². The van der Waals surface area contributed by atoms with Gasteiger partial charge >= 0.3 is 11.9 Å². The summed E-state index contributed by atoms with van der Waals surface area (Å²) in [7, 11) is -1.47. The van der Waals surface area contributed by atoms with Crippen molar-refractivity contribution in [2.24, 2.45) is 0 Å². The quantitative estimate of drug-likeness (QED) is 0.633. The second kappa shape index (κ2) is 9.33. The largest absolute Gasteiger partial charge is 0.468 e. The SMILES string of the molecule is COC(=O)CN(CC(=O)OC)C(=O)c1cccc(NS(=O)(=O)c2cccs2)c1. The van der Waals surface area contributed by atoms with Crippen molar-refractivity contribution in [3.63, 3.8) is 0 Å². The van der Waals surface area contributed by atoms with Crippen LogP contribution in [0.15, 0.2) is 46.0 Å². The molecule has 0 unspecified atom stereocenters. The summed E-state index contributed by atoms with van der Waals surface area (Å²) in [6.07, 6.45) is 0. The van der Waals surface area contributed by atoms with Gasteiger partial charge in [0.2, 0.25) is 0 Å². The fraction of sp³-hybridized carbons (Fsp3) is 0.235. The maximum absolute atomic E-state index is 12.7. The minimum atomic E-state index is -3.78. The van der Waals surface area contributed by atoms with E-state index in [2.05, 4.69) is 14.2 Å². The molecule has 0 bridgehead atoms. The van der Waals surface area contributed by atoms with E-state index >= 15 is 0 Å². The molecule has 0 spiro atoms. The Hall–Kier alpha value is -2.92. The van der Waals surface area contributed by atoms with E-state index in [0.717, 1.165) is 30.5 Å². The Morgan fingerprint density at radius 2 is 1.68 bits per heavy atom. The minimum Gasteiger partial charge on any atom is -0.468 e. The van der Waals surface area contributed by atoms with Crippen LogP contribution in [0.1, 0.15) is 10.4 Å². The van der Waals surface area contributed by atoms with E-state index in [-0.39, 0.29) is 15.5 Å². The Morgan fingerprint density at radius 1 is 1.04 bits per heavy atom. The maximum atomic E-state index is 12.7. The third-order valence-electron chi connectivity index (χ3n) is 3.50. The van der Waals surface area contributed by atoms with E-state index in [4.69, 9.17) is 0 Å². The molecule has 2 rings (SSSR count). The molecule has 0 radical (unpaired) electrons. The van der Waals surface area contributed by atoms with Crippen LogP contribution in [0.4, 0.5) is 5.69 Å². The van der Waals surface area contributed by atoms with Crippen LogP contribution in [0.5, 0.6) is 0 Å². The molecule has 0 fully saturated rings. The molecular weight excluding hydrogens is 408 g/mol. The fourth-order valence-electron chi connectivity index (χ4n) is 2.16. The maximum Gasteiger partial charge on any atom is 0.325 e. The number of anilines is 1. The number of hydrogen-bond acceptors (Lipinski definition) is 8. The Labute approximate surface area is 165 Å². The van der Waals surface area contributed by atoms with Gasteiger partial charge in [0.25, 0.3) is 15.9 Å². The van der Waals surface area contributed by atoms with Crippen LogP contribution in [-0.2, 0) is 29.1 Å². The lowest BCUT2D eigenvalue weighted by Gasteiger charge is -2.20. The lowest BCUT2D eigenvalue weighted by Crippen LogP contribution is -2.40. The predicted molar refractivity (Wildman–Crippen MR) is 102 cm³/mol. The number of thiophene rings is 1. The van der Waals surface area contributed by atoms with Crippen LogP contribution < -0.4 is 4.72 Å². The van der Waals surface area contributed by atoms with Crippen molar-refractivity contribution < 1.29 is 32.3 Å². The average Bonchev–Trinajstić information content (AvgIpc) is 3.22. The van der Waals surface area contributed by atoms with Gasteiger partial charge in [-0.2, -0.15) is 0 Å². The second-order valence-corrected chi connectivity index (χ2v) is 8.29. The Morgan fingerprint density at radius 3 is 2.21 bits per heavy atom. The number of hydrogen-bond donors (Lipinski definition) is 1. The normalized spacial score (nSPS) is 10.8. The monoisotopic (exact) mass is 426 g/mol. The number of carbonyl (C=O) groups is 3. The highest BCUT2D eigenvalue weighted by Crippen LogP contribution is 2.21. The highest BCUT2D eigenvalue weighted by Gasteiger charge is 2.23. The van der Waals surface area contributed by atoms with Crippen LogP contribution in [0, 0.1) is 0 Å². The summed E-state index contributed by atoms with van der Waals surface area (Å²) in [6.45, 7) is -0.925. The van der Waals surface area contributed by atoms with Crippen molar-refractivity contribution in [3.05, 3.63) is 47.3 Å². The second-order valence-electron chi connectivity index (χ2n) is 5.43. The highest BCUT2D eigenvalue weighted by molar-refractivity contribution is 7.94. The third kappa shape index (κ3) is 5.54. The Balaban J connectivity index is 2.25. The molecule has 150 valence electrons. The lowest BCUT2D eigenvalue weighted by molar-refractivity contribution is -0.144. The molecule has 9 nitrogen and oxygen atoms in total. The Bertz CT molecular complexity index is 938. The number of carbonyl (C=O) groups excluding carboxylic acids is 3. The number of nitrogens with one attached hydrogen (secondary N) is 1. The zero-order chi connectivity index (χ0) is 20.7. The molecule has 0 aliphatic heterocycles. The molecule has 0 atom stereocenters. The molecule has 1 heterocycles. The van der Waals surface area contributed by atoms with Crippen LogP contribution in [0.3, 0.4) is 0 Å². The molecule has 0 aliphatic rings.